The molecule has 0 saturated carbocycles. The van der Waals surface area contributed by atoms with Crippen LogP contribution >= 0.6 is 15.9 Å². The van der Waals surface area contributed by atoms with E-state index < -0.39 is 16.1 Å². The van der Waals surface area contributed by atoms with Crippen LogP contribution in [0.1, 0.15) is 24.0 Å². The van der Waals surface area contributed by atoms with Gasteiger partial charge in [0.2, 0.25) is 28.6 Å². The molecule has 2 amide bonds. The lowest BCUT2D eigenvalue weighted by Gasteiger charge is -2.31. The summed E-state index contributed by atoms with van der Waals surface area (Å²) in [4.78, 5) is 28.4. The highest BCUT2D eigenvalue weighted by Crippen LogP contribution is 2.36. The summed E-state index contributed by atoms with van der Waals surface area (Å²) in [7, 11) is -2.09. The summed E-state index contributed by atoms with van der Waals surface area (Å²) in [5, 5.41) is 2.70. The first-order valence-electron chi connectivity index (χ1n) is 12.8. The zero-order valence-corrected chi connectivity index (χ0v) is 24.8. The number of fused-ring (bicyclic) bond motifs is 1. The first-order valence-corrected chi connectivity index (χ1v) is 15.5. The van der Waals surface area contributed by atoms with Crippen LogP contribution in [0, 0.1) is 0 Å². The van der Waals surface area contributed by atoms with Gasteiger partial charge in [0.25, 0.3) is 0 Å². The van der Waals surface area contributed by atoms with Crippen molar-refractivity contribution in [3.8, 4) is 11.5 Å². The lowest BCUT2D eigenvalue weighted by atomic mass is 10.0. The molecule has 9 nitrogen and oxygen atoms in total. The fourth-order valence-corrected chi connectivity index (χ4v) is 6.00. The van der Waals surface area contributed by atoms with Crippen LogP contribution in [0.15, 0.2) is 77.3 Å². The van der Waals surface area contributed by atoms with Crippen molar-refractivity contribution in [1.29, 1.82) is 0 Å². The minimum atomic E-state index is -3.64. The average molecular weight is 631 g/mol. The number of halogens is 1. The maximum Gasteiger partial charge on any atom is 0.242 e. The third-order valence-electron chi connectivity index (χ3n) is 6.56. The molecule has 0 bridgehead atoms. The number of hydrogen-bond donors (Lipinski definition) is 1. The third-order valence-corrected chi connectivity index (χ3v) is 8.24. The van der Waals surface area contributed by atoms with E-state index in [9.17, 15) is 18.0 Å². The van der Waals surface area contributed by atoms with Crippen LogP contribution in [0.5, 0.6) is 11.5 Å². The van der Waals surface area contributed by atoms with E-state index in [0.717, 1.165) is 21.9 Å². The smallest absolute Gasteiger partial charge is 0.242 e. The molecule has 1 heterocycles. The van der Waals surface area contributed by atoms with Crippen molar-refractivity contribution < 1.29 is 27.5 Å². The normalized spacial score (nSPS) is 13.0. The zero-order valence-electron chi connectivity index (χ0n) is 22.4. The van der Waals surface area contributed by atoms with Crippen molar-refractivity contribution in [1.82, 2.24) is 10.2 Å². The van der Waals surface area contributed by atoms with Gasteiger partial charge in [-0.15, -0.1) is 0 Å². The van der Waals surface area contributed by atoms with Gasteiger partial charge >= 0.3 is 0 Å². The van der Waals surface area contributed by atoms with Crippen molar-refractivity contribution in [2.75, 3.05) is 30.9 Å². The molecular formula is C29H32BrN3O6S. The van der Waals surface area contributed by atoms with E-state index in [1.807, 2.05) is 54.6 Å². The molecule has 0 radical (unpaired) electrons. The fraction of sp³-hybridized carbons (Fsp3) is 0.310. The van der Waals surface area contributed by atoms with Gasteiger partial charge in [-0.2, -0.15) is 0 Å². The fourth-order valence-electron chi connectivity index (χ4n) is 4.60. The van der Waals surface area contributed by atoms with Gasteiger partial charge in [-0.3, -0.25) is 13.9 Å². The average Bonchev–Trinajstić information content (AvgIpc) is 3.40. The minimum absolute atomic E-state index is 0.0485. The van der Waals surface area contributed by atoms with Crippen molar-refractivity contribution in [3.05, 3.63) is 88.4 Å². The molecule has 3 aromatic rings. The monoisotopic (exact) mass is 629 g/mol. The van der Waals surface area contributed by atoms with Gasteiger partial charge in [-0.1, -0.05) is 58.4 Å². The number of carbonyl (C=O) groups is 2. The molecule has 11 heteroatoms. The molecule has 1 aliphatic rings. The number of likely N-dealkylation sites (N-methyl/N-ethyl adjacent to an activating group) is 1. The Morgan fingerprint density at radius 3 is 2.40 bits per heavy atom. The topological polar surface area (TPSA) is 105 Å². The predicted octanol–water partition coefficient (Wildman–Crippen LogP) is 4.11. The molecule has 1 atom stereocenters. The second kappa shape index (κ2) is 13.2. The second-order valence-electron chi connectivity index (χ2n) is 9.45. The number of anilines is 1. The zero-order chi connectivity index (χ0) is 28.7. The van der Waals surface area contributed by atoms with Gasteiger partial charge in [0.15, 0.2) is 11.5 Å². The first kappa shape index (κ1) is 29.4. The van der Waals surface area contributed by atoms with Crippen molar-refractivity contribution in [2.24, 2.45) is 0 Å². The Morgan fingerprint density at radius 2 is 1.70 bits per heavy atom. The Labute approximate surface area is 243 Å². The van der Waals surface area contributed by atoms with Crippen LogP contribution in [0.4, 0.5) is 5.69 Å². The van der Waals surface area contributed by atoms with Gasteiger partial charge in [0, 0.05) is 43.5 Å². The molecule has 0 unspecified atom stereocenters. The van der Waals surface area contributed by atoms with Gasteiger partial charge in [-0.05, 0) is 41.8 Å². The van der Waals surface area contributed by atoms with E-state index in [-0.39, 0.29) is 44.5 Å². The second-order valence-corrected chi connectivity index (χ2v) is 12.3. The molecule has 0 fully saturated rings. The lowest BCUT2D eigenvalue weighted by Crippen LogP contribution is -2.49. The SMILES string of the molecule is CNC(=O)[C@H](Cc1ccccc1)N(Cc1cccc(Br)c1)C(=O)CCCN(c1ccc2c(c1)OCO2)S(C)(=O)=O. The highest BCUT2D eigenvalue weighted by atomic mass is 79.9. The summed E-state index contributed by atoms with van der Waals surface area (Å²) in [6.45, 7) is 0.384. The number of nitrogens with one attached hydrogen (secondary N) is 1. The van der Waals surface area contributed by atoms with E-state index in [4.69, 9.17) is 9.47 Å². The van der Waals surface area contributed by atoms with Crippen LogP contribution < -0.4 is 19.1 Å². The van der Waals surface area contributed by atoms with Gasteiger partial charge in [0.05, 0.1) is 11.9 Å². The van der Waals surface area contributed by atoms with Gasteiger partial charge in [-0.25, -0.2) is 8.42 Å². The number of sulfonamides is 1. The summed E-state index contributed by atoms with van der Waals surface area (Å²) >= 11 is 3.48. The molecule has 0 saturated heterocycles. The molecule has 40 heavy (non-hydrogen) atoms. The van der Waals surface area contributed by atoms with Gasteiger partial charge < -0.3 is 19.7 Å². The Bertz CT molecular complexity index is 1450. The van der Waals surface area contributed by atoms with Crippen molar-refractivity contribution in [2.45, 2.75) is 31.8 Å². The number of nitrogens with zero attached hydrogens (tertiary/aromatic N) is 2. The third kappa shape index (κ3) is 7.54. The summed E-state index contributed by atoms with van der Waals surface area (Å²) in [5.74, 6) is 0.500. The number of ether oxygens (including phenoxy) is 2. The van der Waals surface area contributed by atoms with E-state index in [1.165, 1.54) is 4.31 Å². The van der Waals surface area contributed by atoms with E-state index in [1.54, 1.807) is 30.1 Å². The maximum atomic E-state index is 13.7. The van der Waals surface area contributed by atoms with Crippen LogP contribution in [-0.4, -0.2) is 57.8 Å². The van der Waals surface area contributed by atoms with Crippen LogP contribution in [0.25, 0.3) is 0 Å². The lowest BCUT2D eigenvalue weighted by molar-refractivity contribution is -0.141. The van der Waals surface area contributed by atoms with E-state index in [2.05, 4.69) is 21.2 Å². The molecule has 0 spiro atoms. The largest absolute Gasteiger partial charge is 0.454 e. The van der Waals surface area contributed by atoms with Crippen molar-refractivity contribution in [3.63, 3.8) is 0 Å². The molecule has 1 aliphatic heterocycles. The summed E-state index contributed by atoms with van der Waals surface area (Å²) in [6, 6.07) is 21.3. The summed E-state index contributed by atoms with van der Waals surface area (Å²) in [6.07, 6.45) is 1.77. The first-order chi connectivity index (χ1) is 19.2. The predicted molar refractivity (Wildman–Crippen MR) is 157 cm³/mol. The quantitative estimate of drug-likeness (QED) is 0.323. The standard InChI is InChI=1S/C29H32BrN3O6S/c1-31-29(35)25(17-21-8-4-3-5-9-21)32(19-22-10-6-11-23(30)16-22)28(34)12-7-15-33(40(2,36)37)24-13-14-26-27(18-24)39-20-38-26/h3-6,8-11,13-14,16,18,25H,7,12,15,17,19-20H2,1-2H3,(H,31,35)/t25-/m0/s1. The minimum Gasteiger partial charge on any atom is -0.454 e. The molecular weight excluding hydrogens is 598 g/mol. The highest BCUT2D eigenvalue weighted by Gasteiger charge is 2.30. The number of hydrogen-bond acceptors (Lipinski definition) is 6. The Balaban J connectivity index is 1.55. The van der Waals surface area contributed by atoms with Gasteiger partial charge in [0.1, 0.15) is 6.04 Å². The van der Waals surface area contributed by atoms with Crippen LogP contribution in [-0.2, 0) is 32.6 Å². The molecule has 1 N–H and O–H groups in total. The number of rotatable bonds is 12. The molecule has 0 aromatic heterocycles. The molecule has 212 valence electrons. The Morgan fingerprint density at radius 1 is 0.975 bits per heavy atom. The Kier molecular flexibility index (Phi) is 9.70. The summed E-state index contributed by atoms with van der Waals surface area (Å²) in [5.41, 5.74) is 2.22. The highest BCUT2D eigenvalue weighted by molar-refractivity contribution is 9.10. The molecule has 3 aromatic carbocycles. The number of carbonyl (C=O) groups excluding carboxylic acids is 2. The van der Waals surface area contributed by atoms with Crippen molar-refractivity contribution >= 4 is 43.5 Å². The van der Waals surface area contributed by atoms with E-state index >= 15 is 0 Å². The maximum absolute atomic E-state index is 13.7. The summed E-state index contributed by atoms with van der Waals surface area (Å²) < 4.78 is 38.2. The molecule has 0 aliphatic carbocycles. The Hall–Kier alpha value is -3.57. The van der Waals surface area contributed by atoms with Crippen LogP contribution in [0.3, 0.4) is 0 Å². The number of benzene rings is 3. The number of amides is 2. The van der Waals surface area contributed by atoms with E-state index in [0.29, 0.717) is 23.6 Å². The van der Waals surface area contributed by atoms with Crippen LogP contribution in [0.2, 0.25) is 0 Å². The molecule has 4 rings (SSSR count).